The monoisotopic (exact) mass is 343 g/mol. The normalized spacial score (nSPS) is 11.9. The van der Waals surface area contributed by atoms with E-state index in [9.17, 15) is 9.59 Å². The van der Waals surface area contributed by atoms with Crippen LogP contribution in [0.2, 0.25) is 0 Å². The van der Waals surface area contributed by atoms with Crippen LogP contribution in [0, 0.1) is 6.92 Å². The van der Waals surface area contributed by atoms with E-state index >= 15 is 0 Å². The highest BCUT2D eigenvalue weighted by Gasteiger charge is 2.20. The molecule has 0 saturated heterocycles. The third-order valence-electron chi connectivity index (χ3n) is 2.88. The minimum absolute atomic E-state index is 0.335. The first-order valence-electron chi connectivity index (χ1n) is 6.24. The zero-order chi connectivity index (χ0) is 15.1. The number of carbonyl (C=O) groups excluding carboxylic acids is 1. The second-order valence-electron chi connectivity index (χ2n) is 4.46. The van der Waals surface area contributed by atoms with Crippen LogP contribution in [0.3, 0.4) is 0 Å². The first-order chi connectivity index (χ1) is 9.45. The lowest BCUT2D eigenvalue weighted by Gasteiger charge is -2.14. The van der Waals surface area contributed by atoms with Gasteiger partial charge in [-0.25, -0.2) is 4.79 Å². The summed E-state index contributed by atoms with van der Waals surface area (Å²) in [5, 5.41) is 11.6. The fourth-order valence-electron chi connectivity index (χ4n) is 1.66. The Morgan fingerprint density at radius 1 is 1.45 bits per heavy atom. The summed E-state index contributed by atoms with van der Waals surface area (Å²) < 4.78 is 5.69. The molecule has 0 aliphatic rings. The minimum atomic E-state index is -1.04. The van der Waals surface area contributed by atoms with Crippen LogP contribution in [-0.2, 0) is 9.53 Å². The maximum absolute atomic E-state index is 12.0. The van der Waals surface area contributed by atoms with E-state index in [1.165, 1.54) is 0 Å². The number of halogens is 1. The van der Waals surface area contributed by atoms with Crippen molar-refractivity contribution in [3.8, 4) is 0 Å². The molecule has 1 rings (SSSR count). The lowest BCUT2D eigenvalue weighted by Crippen LogP contribution is -2.40. The van der Waals surface area contributed by atoms with Crippen LogP contribution in [0.1, 0.15) is 28.8 Å². The molecule has 0 spiro atoms. The lowest BCUT2D eigenvalue weighted by atomic mass is 10.1. The standard InChI is InChI=1S/C14H18BrNO4/c1-9-5-6-10(8-11(9)15)13(17)16-12(14(18)19)4-3-7-20-2/h5-6,8,12H,3-4,7H2,1-2H3,(H,16,17)(H,18,19). The van der Waals surface area contributed by atoms with Gasteiger partial charge in [0.2, 0.25) is 0 Å². The number of benzene rings is 1. The summed E-state index contributed by atoms with van der Waals surface area (Å²) >= 11 is 3.35. The number of aryl methyl sites for hydroxylation is 1. The Kier molecular flexibility index (Phi) is 6.67. The van der Waals surface area contributed by atoms with Crippen molar-refractivity contribution in [2.75, 3.05) is 13.7 Å². The number of hydrogen-bond acceptors (Lipinski definition) is 3. The summed E-state index contributed by atoms with van der Waals surface area (Å²) in [4.78, 5) is 23.1. The second kappa shape index (κ2) is 8.01. The van der Waals surface area contributed by atoms with Crippen molar-refractivity contribution >= 4 is 27.8 Å². The molecule has 110 valence electrons. The van der Waals surface area contributed by atoms with Crippen LogP contribution < -0.4 is 5.32 Å². The highest BCUT2D eigenvalue weighted by atomic mass is 79.9. The third-order valence-corrected chi connectivity index (χ3v) is 3.73. The van der Waals surface area contributed by atoms with Crippen molar-refractivity contribution in [3.63, 3.8) is 0 Å². The van der Waals surface area contributed by atoms with Crippen molar-refractivity contribution in [1.82, 2.24) is 5.32 Å². The molecule has 0 fully saturated rings. The van der Waals surface area contributed by atoms with Gasteiger partial charge in [0.25, 0.3) is 5.91 Å². The largest absolute Gasteiger partial charge is 0.480 e. The number of aliphatic carboxylic acids is 1. The Balaban J connectivity index is 2.69. The van der Waals surface area contributed by atoms with Gasteiger partial charge in [0.1, 0.15) is 6.04 Å². The van der Waals surface area contributed by atoms with Crippen LogP contribution in [0.25, 0.3) is 0 Å². The molecule has 0 aromatic heterocycles. The summed E-state index contributed by atoms with van der Waals surface area (Å²) in [6.07, 6.45) is 0.910. The SMILES string of the molecule is COCCCC(NC(=O)c1ccc(C)c(Br)c1)C(=O)O. The van der Waals surface area contributed by atoms with Gasteiger partial charge in [0.15, 0.2) is 0 Å². The number of methoxy groups -OCH3 is 1. The molecule has 0 bridgehead atoms. The number of carboxylic acid groups (broad SMARTS) is 1. The van der Waals surface area contributed by atoms with Gasteiger partial charge in [-0.1, -0.05) is 22.0 Å². The molecule has 0 saturated carbocycles. The summed E-state index contributed by atoms with van der Waals surface area (Å²) in [6.45, 7) is 2.38. The van der Waals surface area contributed by atoms with Gasteiger partial charge in [-0.05, 0) is 37.5 Å². The predicted molar refractivity (Wildman–Crippen MR) is 78.9 cm³/mol. The number of hydrogen-bond donors (Lipinski definition) is 2. The summed E-state index contributed by atoms with van der Waals surface area (Å²) in [6, 6.07) is 4.25. The zero-order valence-electron chi connectivity index (χ0n) is 11.5. The molecule has 1 unspecified atom stereocenters. The Hall–Kier alpha value is -1.40. The van der Waals surface area contributed by atoms with Gasteiger partial charge in [0.05, 0.1) is 0 Å². The minimum Gasteiger partial charge on any atom is -0.480 e. The molecule has 0 radical (unpaired) electrons. The van der Waals surface area contributed by atoms with Gasteiger partial charge in [-0.15, -0.1) is 0 Å². The smallest absolute Gasteiger partial charge is 0.326 e. The fourth-order valence-corrected chi connectivity index (χ4v) is 2.04. The molecule has 1 atom stereocenters. The summed E-state index contributed by atoms with van der Waals surface area (Å²) in [5.74, 6) is -1.43. The number of amides is 1. The number of rotatable bonds is 7. The van der Waals surface area contributed by atoms with E-state index in [1.54, 1.807) is 25.3 Å². The first kappa shape index (κ1) is 16.7. The molecule has 0 aliphatic heterocycles. The predicted octanol–water partition coefficient (Wildman–Crippen LogP) is 2.37. The number of carbonyl (C=O) groups is 2. The molecule has 20 heavy (non-hydrogen) atoms. The van der Waals surface area contributed by atoms with Gasteiger partial charge in [-0.2, -0.15) is 0 Å². The molecule has 0 heterocycles. The van der Waals surface area contributed by atoms with Crippen LogP contribution in [0.5, 0.6) is 0 Å². The van der Waals surface area contributed by atoms with Gasteiger partial charge < -0.3 is 15.2 Å². The summed E-state index contributed by atoms with van der Waals surface area (Å²) in [7, 11) is 1.55. The second-order valence-corrected chi connectivity index (χ2v) is 5.32. The highest BCUT2D eigenvalue weighted by Crippen LogP contribution is 2.17. The third kappa shape index (κ3) is 4.94. The van der Waals surface area contributed by atoms with E-state index < -0.39 is 17.9 Å². The molecular formula is C14H18BrNO4. The fraction of sp³-hybridized carbons (Fsp3) is 0.429. The molecule has 1 amide bonds. The van der Waals surface area contributed by atoms with E-state index in [4.69, 9.17) is 9.84 Å². The molecule has 6 heteroatoms. The van der Waals surface area contributed by atoms with Crippen molar-refractivity contribution in [3.05, 3.63) is 33.8 Å². The van der Waals surface area contributed by atoms with E-state index in [2.05, 4.69) is 21.2 Å². The van der Waals surface area contributed by atoms with Crippen LogP contribution in [0.15, 0.2) is 22.7 Å². The molecular weight excluding hydrogens is 326 g/mol. The highest BCUT2D eigenvalue weighted by molar-refractivity contribution is 9.10. The average molecular weight is 344 g/mol. The van der Waals surface area contributed by atoms with E-state index in [-0.39, 0.29) is 0 Å². The van der Waals surface area contributed by atoms with Crippen molar-refractivity contribution in [2.45, 2.75) is 25.8 Å². The van der Waals surface area contributed by atoms with E-state index in [0.717, 1.165) is 10.0 Å². The Morgan fingerprint density at radius 3 is 2.70 bits per heavy atom. The first-order valence-corrected chi connectivity index (χ1v) is 7.03. The molecule has 1 aromatic rings. The maximum atomic E-state index is 12.0. The molecule has 1 aromatic carbocycles. The Labute approximate surface area is 126 Å². The Bertz CT molecular complexity index is 490. The van der Waals surface area contributed by atoms with E-state index in [1.807, 2.05) is 6.92 Å². The van der Waals surface area contributed by atoms with Gasteiger partial charge >= 0.3 is 5.97 Å². The van der Waals surface area contributed by atoms with Gasteiger partial charge in [0, 0.05) is 23.8 Å². The van der Waals surface area contributed by atoms with Crippen LogP contribution in [-0.4, -0.2) is 36.7 Å². The zero-order valence-corrected chi connectivity index (χ0v) is 13.1. The van der Waals surface area contributed by atoms with Gasteiger partial charge in [-0.3, -0.25) is 4.79 Å². The van der Waals surface area contributed by atoms with Crippen molar-refractivity contribution in [1.29, 1.82) is 0 Å². The lowest BCUT2D eigenvalue weighted by molar-refractivity contribution is -0.139. The molecule has 2 N–H and O–H groups in total. The topological polar surface area (TPSA) is 75.6 Å². The van der Waals surface area contributed by atoms with Crippen molar-refractivity contribution in [2.24, 2.45) is 0 Å². The van der Waals surface area contributed by atoms with Crippen LogP contribution in [0.4, 0.5) is 0 Å². The van der Waals surface area contributed by atoms with Crippen LogP contribution >= 0.6 is 15.9 Å². The quantitative estimate of drug-likeness (QED) is 0.745. The van der Waals surface area contributed by atoms with Crippen molar-refractivity contribution < 1.29 is 19.4 Å². The maximum Gasteiger partial charge on any atom is 0.326 e. The average Bonchev–Trinajstić information content (AvgIpc) is 2.40. The Morgan fingerprint density at radius 2 is 2.15 bits per heavy atom. The number of nitrogens with one attached hydrogen (secondary N) is 1. The summed E-state index contributed by atoms with van der Waals surface area (Å²) in [5.41, 5.74) is 1.44. The number of carboxylic acids is 1. The number of ether oxygens (including phenoxy) is 1. The molecule has 5 nitrogen and oxygen atoms in total. The molecule has 0 aliphatic carbocycles. The van der Waals surface area contributed by atoms with E-state index in [0.29, 0.717) is 25.0 Å².